The quantitative estimate of drug-likeness (QED) is 0.804. The molecule has 0 radical (unpaired) electrons. The van der Waals surface area contributed by atoms with Crippen LogP contribution < -0.4 is 15.6 Å². The van der Waals surface area contributed by atoms with Crippen LogP contribution in [0.1, 0.15) is 33.6 Å². The minimum Gasteiger partial charge on any atom is -0.504 e. The normalized spacial score (nSPS) is 11.1. The highest BCUT2D eigenvalue weighted by atomic mass is 16.5. The first-order chi connectivity index (χ1) is 10.5. The van der Waals surface area contributed by atoms with Crippen LogP contribution in [0.25, 0.3) is 10.9 Å². The molecule has 0 spiro atoms. The predicted molar refractivity (Wildman–Crippen MR) is 90.0 cm³/mol. The summed E-state index contributed by atoms with van der Waals surface area (Å²) in [7, 11) is 1.69. The molecule has 1 aromatic heterocycles. The van der Waals surface area contributed by atoms with Crippen molar-refractivity contribution >= 4 is 16.6 Å². The smallest absolute Gasteiger partial charge is 0.297 e. The van der Waals surface area contributed by atoms with Gasteiger partial charge in [-0.2, -0.15) is 0 Å². The predicted octanol–water partition coefficient (Wildman–Crippen LogP) is 3.24. The lowest BCUT2D eigenvalue weighted by Gasteiger charge is -2.15. The van der Waals surface area contributed by atoms with Gasteiger partial charge in [-0.1, -0.05) is 13.3 Å². The monoisotopic (exact) mass is 304 g/mol. The van der Waals surface area contributed by atoms with E-state index in [2.05, 4.69) is 12.2 Å². The summed E-state index contributed by atoms with van der Waals surface area (Å²) in [4.78, 5) is 12.4. The van der Waals surface area contributed by atoms with E-state index in [0.29, 0.717) is 10.9 Å². The number of rotatable bonds is 6. The summed E-state index contributed by atoms with van der Waals surface area (Å²) < 4.78 is 6.99. The summed E-state index contributed by atoms with van der Waals surface area (Å²) in [6.45, 7) is 6.67. The minimum atomic E-state index is -0.329. The Balaban J connectivity index is 2.50. The molecule has 0 aliphatic heterocycles. The van der Waals surface area contributed by atoms with Crippen molar-refractivity contribution in [2.45, 2.75) is 39.7 Å². The summed E-state index contributed by atoms with van der Waals surface area (Å²) in [5.74, 6) is -0.0800. The molecule has 2 aromatic rings. The summed E-state index contributed by atoms with van der Waals surface area (Å²) in [6.07, 6.45) is 2.03. The molecule has 0 bridgehead atoms. The van der Waals surface area contributed by atoms with Gasteiger partial charge in [0.05, 0.1) is 11.6 Å². The SMILES string of the molecule is CCCCNc1ccc2c(O)c(OC(C)C)c(=O)n(C)c2c1. The van der Waals surface area contributed by atoms with Gasteiger partial charge in [0.1, 0.15) is 0 Å². The number of aryl methyl sites for hydroxylation is 1. The second-order valence-corrected chi connectivity index (χ2v) is 5.72. The molecule has 0 amide bonds. The molecule has 5 heteroatoms. The van der Waals surface area contributed by atoms with E-state index in [1.807, 2.05) is 32.0 Å². The van der Waals surface area contributed by atoms with E-state index in [9.17, 15) is 9.90 Å². The Bertz CT molecular complexity index is 720. The van der Waals surface area contributed by atoms with Crippen LogP contribution in [0.2, 0.25) is 0 Å². The molecule has 0 aliphatic rings. The number of aromatic hydroxyl groups is 1. The highest BCUT2D eigenvalue weighted by Gasteiger charge is 2.17. The standard InChI is InChI=1S/C17H24N2O3/c1-5-6-9-18-12-7-8-13-14(10-12)19(4)17(21)16(15(13)20)22-11(2)3/h7-8,10-11,18,20H,5-6,9H2,1-4H3. The van der Waals surface area contributed by atoms with E-state index in [1.165, 1.54) is 4.57 Å². The van der Waals surface area contributed by atoms with Crippen LogP contribution in [0, 0.1) is 0 Å². The molecule has 5 nitrogen and oxygen atoms in total. The first kappa shape index (κ1) is 16.2. The van der Waals surface area contributed by atoms with E-state index in [0.717, 1.165) is 25.1 Å². The Morgan fingerprint density at radius 3 is 2.73 bits per heavy atom. The summed E-state index contributed by atoms with van der Waals surface area (Å²) in [6, 6.07) is 5.60. The number of hydrogen-bond donors (Lipinski definition) is 2. The number of unbranched alkanes of at least 4 members (excludes halogenated alkanes) is 1. The molecule has 0 aliphatic carbocycles. The molecule has 0 fully saturated rings. The third-order valence-electron chi connectivity index (χ3n) is 3.54. The van der Waals surface area contributed by atoms with Gasteiger partial charge >= 0.3 is 0 Å². The number of benzene rings is 1. The van der Waals surface area contributed by atoms with Gasteiger partial charge in [0, 0.05) is 24.7 Å². The Labute approximate surface area is 130 Å². The third-order valence-corrected chi connectivity index (χ3v) is 3.54. The zero-order valence-electron chi connectivity index (χ0n) is 13.6. The number of anilines is 1. The number of fused-ring (bicyclic) bond motifs is 1. The minimum absolute atomic E-state index is 0.0108. The molecule has 120 valence electrons. The van der Waals surface area contributed by atoms with Gasteiger partial charge < -0.3 is 19.7 Å². The molecule has 2 rings (SSSR count). The lowest BCUT2D eigenvalue weighted by molar-refractivity contribution is 0.228. The van der Waals surface area contributed by atoms with Crippen molar-refractivity contribution in [3.8, 4) is 11.5 Å². The Hall–Kier alpha value is -2.17. The highest BCUT2D eigenvalue weighted by Crippen LogP contribution is 2.32. The van der Waals surface area contributed by atoms with E-state index < -0.39 is 0 Å². The van der Waals surface area contributed by atoms with E-state index in [4.69, 9.17) is 4.74 Å². The maximum Gasteiger partial charge on any atom is 0.297 e. The Morgan fingerprint density at radius 1 is 1.36 bits per heavy atom. The van der Waals surface area contributed by atoms with Crippen molar-refractivity contribution in [2.24, 2.45) is 7.05 Å². The molecule has 0 atom stereocenters. The van der Waals surface area contributed by atoms with Gasteiger partial charge in [-0.25, -0.2) is 0 Å². The first-order valence-corrected chi connectivity index (χ1v) is 7.72. The fourth-order valence-electron chi connectivity index (χ4n) is 2.36. The summed E-state index contributed by atoms with van der Waals surface area (Å²) >= 11 is 0. The molecular weight excluding hydrogens is 280 g/mol. The average Bonchev–Trinajstić information content (AvgIpc) is 2.49. The Kier molecular flexibility index (Phi) is 4.96. The van der Waals surface area contributed by atoms with Gasteiger partial charge in [0.15, 0.2) is 5.75 Å². The number of nitrogens with zero attached hydrogens (tertiary/aromatic N) is 1. The molecule has 1 heterocycles. The van der Waals surface area contributed by atoms with Crippen molar-refractivity contribution in [1.29, 1.82) is 0 Å². The maximum absolute atomic E-state index is 12.4. The zero-order valence-corrected chi connectivity index (χ0v) is 13.6. The van der Waals surface area contributed by atoms with Gasteiger partial charge in [-0.15, -0.1) is 0 Å². The number of ether oxygens (including phenoxy) is 1. The second kappa shape index (κ2) is 6.73. The van der Waals surface area contributed by atoms with Gasteiger partial charge in [0.2, 0.25) is 5.75 Å². The number of aromatic nitrogens is 1. The summed E-state index contributed by atoms with van der Waals surface area (Å²) in [5, 5.41) is 14.3. The van der Waals surface area contributed by atoms with Crippen molar-refractivity contribution in [1.82, 2.24) is 4.57 Å². The second-order valence-electron chi connectivity index (χ2n) is 5.72. The zero-order chi connectivity index (χ0) is 16.3. The van der Waals surface area contributed by atoms with Crippen LogP contribution >= 0.6 is 0 Å². The molecule has 1 aromatic carbocycles. The van der Waals surface area contributed by atoms with Crippen molar-refractivity contribution in [2.75, 3.05) is 11.9 Å². The fraction of sp³-hybridized carbons (Fsp3) is 0.471. The largest absolute Gasteiger partial charge is 0.504 e. The van der Waals surface area contributed by atoms with Crippen molar-refractivity contribution in [3.63, 3.8) is 0 Å². The molecule has 0 saturated heterocycles. The molecule has 22 heavy (non-hydrogen) atoms. The molecule has 0 unspecified atom stereocenters. The third kappa shape index (κ3) is 3.18. The molecular formula is C17H24N2O3. The highest BCUT2D eigenvalue weighted by molar-refractivity contribution is 5.89. The van der Waals surface area contributed by atoms with Crippen LogP contribution in [0.4, 0.5) is 5.69 Å². The molecule has 2 N–H and O–H groups in total. The lowest BCUT2D eigenvalue weighted by Crippen LogP contribution is -2.22. The van der Waals surface area contributed by atoms with Gasteiger partial charge in [-0.3, -0.25) is 4.79 Å². The molecule has 0 saturated carbocycles. The van der Waals surface area contributed by atoms with Gasteiger partial charge in [0.25, 0.3) is 5.56 Å². The van der Waals surface area contributed by atoms with E-state index in [-0.39, 0.29) is 23.2 Å². The van der Waals surface area contributed by atoms with E-state index >= 15 is 0 Å². The van der Waals surface area contributed by atoms with Crippen LogP contribution in [0.15, 0.2) is 23.0 Å². The maximum atomic E-state index is 12.4. The van der Waals surface area contributed by atoms with Crippen LogP contribution in [-0.4, -0.2) is 22.3 Å². The number of pyridine rings is 1. The van der Waals surface area contributed by atoms with Crippen LogP contribution in [0.3, 0.4) is 0 Å². The van der Waals surface area contributed by atoms with Crippen molar-refractivity contribution in [3.05, 3.63) is 28.6 Å². The average molecular weight is 304 g/mol. The number of nitrogens with one attached hydrogen (secondary N) is 1. The number of hydrogen-bond acceptors (Lipinski definition) is 4. The van der Waals surface area contributed by atoms with Crippen molar-refractivity contribution < 1.29 is 9.84 Å². The topological polar surface area (TPSA) is 63.5 Å². The van der Waals surface area contributed by atoms with Crippen LogP contribution in [-0.2, 0) is 7.05 Å². The Morgan fingerprint density at radius 2 is 2.09 bits per heavy atom. The fourth-order valence-corrected chi connectivity index (χ4v) is 2.36. The van der Waals surface area contributed by atoms with Gasteiger partial charge in [-0.05, 0) is 38.5 Å². The first-order valence-electron chi connectivity index (χ1n) is 7.72. The summed E-state index contributed by atoms with van der Waals surface area (Å²) in [5.41, 5.74) is 1.29. The van der Waals surface area contributed by atoms with Crippen LogP contribution in [0.5, 0.6) is 11.5 Å². The lowest BCUT2D eigenvalue weighted by atomic mass is 10.1. The van der Waals surface area contributed by atoms with E-state index in [1.54, 1.807) is 7.05 Å².